The monoisotopic (exact) mass is 229 g/mol. The summed E-state index contributed by atoms with van der Waals surface area (Å²) in [5.74, 6) is 0.697. The van der Waals surface area contributed by atoms with Gasteiger partial charge in [0.1, 0.15) is 5.76 Å². The van der Waals surface area contributed by atoms with Crippen LogP contribution in [0.4, 0.5) is 0 Å². The van der Waals surface area contributed by atoms with E-state index in [4.69, 9.17) is 10.2 Å². The van der Waals surface area contributed by atoms with Gasteiger partial charge < -0.3 is 20.1 Å². The van der Waals surface area contributed by atoms with Gasteiger partial charge in [-0.15, -0.1) is 0 Å². The second kappa shape index (κ2) is 3.64. The second-order valence-electron chi connectivity index (χ2n) is 3.88. The molecule has 1 aromatic carbocycles. The maximum Gasteiger partial charge on any atom is 0.323 e. The van der Waals surface area contributed by atoms with Crippen LogP contribution in [0.5, 0.6) is 0 Å². The fourth-order valence-electron chi connectivity index (χ4n) is 1.88. The molecule has 5 heteroatoms. The molecule has 2 heterocycles. The highest BCUT2D eigenvalue weighted by molar-refractivity contribution is 5.75. The summed E-state index contributed by atoms with van der Waals surface area (Å²) in [5, 5.41) is 0. The van der Waals surface area contributed by atoms with Crippen molar-refractivity contribution in [2.24, 2.45) is 5.73 Å². The van der Waals surface area contributed by atoms with E-state index in [1.165, 1.54) is 0 Å². The molecule has 17 heavy (non-hydrogen) atoms. The molecule has 0 aliphatic carbocycles. The Morgan fingerprint density at radius 2 is 2.00 bits per heavy atom. The number of aromatic nitrogens is 2. The van der Waals surface area contributed by atoms with E-state index in [0.29, 0.717) is 5.76 Å². The molecule has 86 valence electrons. The van der Waals surface area contributed by atoms with Crippen molar-refractivity contribution < 1.29 is 4.42 Å². The Labute approximate surface area is 96.3 Å². The predicted octanol–water partition coefficient (Wildman–Crippen LogP) is 1.50. The first kappa shape index (κ1) is 9.92. The normalized spacial score (nSPS) is 13.0. The zero-order valence-electron chi connectivity index (χ0n) is 8.94. The van der Waals surface area contributed by atoms with E-state index in [2.05, 4.69) is 9.97 Å². The van der Waals surface area contributed by atoms with Crippen molar-refractivity contribution in [1.29, 1.82) is 0 Å². The number of rotatable bonds is 2. The van der Waals surface area contributed by atoms with Gasteiger partial charge in [0.2, 0.25) is 0 Å². The first-order chi connectivity index (χ1) is 8.24. The molecule has 3 aromatic rings. The van der Waals surface area contributed by atoms with Gasteiger partial charge >= 0.3 is 5.69 Å². The van der Waals surface area contributed by atoms with Gasteiger partial charge in [-0.2, -0.15) is 0 Å². The zero-order chi connectivity index (χ0) is 11.8. The third-order valence-electron chi connectivity index (χ3n) is 2.75. The summed E-state index contributed by atoms with van der Waals surface area (Å²) in [5.41, 5.74) is 8.25. The van der Waals surface area contributed by atoms with Gasteiger partial charge in [-0.1, -0.05) is 6.07 Å². The van der Waals surface area contributed by atoms with Crippen LogP contribution in [0.15, 0.2) is 45.8 Å². The highest BCUT2D eigenvalue weighted by Crippen LogP contribution is 2.22. The molecule has 0 fully saturated rings. The molecular weight excluding hydrogens is 218 g/mol. The largest absolute Gasteiger partial charge is 0.467 e. The average molecular weight is 229 g/mol. The molecule has 0 radical (unpaired) electrons. The van der Waals surface area contributed by atoms with Gasteiger partial charge in [-0.3, -0.25) is 0 Å². The van der Waals surface area contributed by atoms with E-state index >= 15 is 0 Å². The summed E-state index contributed by atoms with van der Waals surface area (Å²) in [6.45, 7) is 0. The summed E-state index contributed by atoms with van der Waals surface area (Å²) in [4.78, 5) is 16.5. The number of H-pyrrole nitrogens is 2. The molecule has 0 bridgehead atoms. The van der Waals surface area contributed by atoms with E-state index in [9.17, 15) is 4.79 Å². The van der Waals surface area contributed by atoms with Crippen molar-refractivity contribution in [3.05, 3.63) is 58.4 Å². The molecule has 1 atom stereocenters. The standard InChI is InChI=1S/C12H11N3O2/c13-11(10-2-1-5-17-10)7-3-4-8-9(6-7)15-12(16)14-8/h1-6,11H,13H2,(H2,14,15,16). The van der Waals surface area contributed by atoms with E-state index in [1.807, 2.05) is 24.3 Å². The van der Waals surface area contributed by atoms with Gasteiger partial charge in [0, 0.05) is 0 Å². The number of hydrogen-bond donors (Lipinski definition) is 3. The van der Waals surface area contributed by atoms with Crippen LogP contribution in [-0.4, -0.2) is 9.97 Å². The quantitative estimate of drug-likeness (QED) is 0.622. The number of benzene rings is 1. The molecule has 0 amide bonds. The van der Waals surface area contributed by atoms with Gasteiger partial charge in [-0.25, -0.2) is 4.79 Å². The van der Waals surface area contributed by atoms with Crippen molar-refractivity contribution in [2.75, 3.05) is 0 Å². The molecule has 4 N–H and O–H groups in total. The Kier molecular flexibility index (Phi) is 2.12. The lowest BCUT2D eigenvalue weighted by atomic mass is 10.1. The highest BCUT2D eigenvalue weighted by atomic mass is 16.3. The summed E-state index contributed by atoms with van der Waals surface area (Å²) in [6, 6.07) is 8.85. The van der Waals surface area contributed by atoms with Crippen LogP contribution in [0.3, 0.4) is 0 Å². The second-order valence-corrected chi connectivity index (χ2v) is 3.88. The van der Waals surface area contributed by atoms with E-state index in [-0.39, 0.29) is 11.7 Å². The third-order valence-corrected chi connectivity index (χ3v) is 2.75. The lowest BCUT2D eigenvalue weighted by Gasteiger charge is -2.08. The average Bonchev–Trinajstić information content (AvgIpc) is 2.94. The van der Waals surface area contributed by atoms with Crippen LogP contribution < -0.4 is 11.4 Å². The van der Waals surface area contributed by atoms with Crippen LogP contribution in [-0.2, 0) is 0 Å². The molecule has 0 saturated carbocycles. The SMILES string of the molecule is NC(c1ccc2[nH]c(=O)[nH]c2c1)c1ccco1. The number of furan rings is 1. The van der Waals surface area contributed by atoms with Crippen molar-refractivity contribution in [2.45, 2.75) is 6.04 Å². The fourth-order valence-corrected chi connectivity index (χ4v) is 1.88. The van der Waals surface area contributed by atoms with Crippen molar-refractivity contribution >= 4 is 11.0 Å². The summed E-state index contributed by atoms with van der Waals surface area (Å²) in [7, 11) is 0. The molecule has 1 unspecified atom stereocenters. The number of imidazole rings is 1. The first-order valence-electron chi connectivity index (χ1n) is 5.25. The van der Waals surface area contributed by atoms with Gasteiger partial charge in [0.15, 0.2) is 0 Å². The van der Waals surface area contributed by atoms with Crippen LogP contribution in [0, 0.1) is 0 Å². The Hall–Kier alpha value is -2.27. The number of aromatic amines is 2. The van der Waals surface area contributed by atoms with Crippen LogP contribution in [0.1, 0.15) is 17.4 Å². The Morgan fingerprint density at radius 3 is 2.76 bits per heavy atom. The van der Waals surface area contributed by atoms with Crippen LogP contribution in [0.2, 0.25) is 0 Å². The molecule has 3 rings (SSSR count). The van der Waals surface area contributed by atoms with Gasteiger partial charge in [0.05, 0.1) is 23.3 Å². The molecule has 5 nitrogen and oxygen atoms in total. The molecule has 0 aliphatic heterocycles. The third kappa shape index (κ3) is 1.66. The minimum Gasteiger partial charge on any atom is -0.467 e. The smallest absolute Gasteiger partial charge is 0.323 e. The fraction of sp³-hybridized carbons (Fsp3) is 0.0833. The Bertz CT molecular complexity index is 694. The summed E-state index contributed by atoms with van der Waals surface area (Å²) >= 11 is 0. The summed E-state index contributed by atoms with van der Waals surface area (Å²) in [6.07, 6.45) is 1.59. The van der Waals surface area contributed by atoms with E-state index < -0.39 is 0 Å². The van der Waals surface area contributed by atoms with Gasteiger partial charge in [-0.05, 0) is 29.8 Å². The Morgan fingerprint density at radius 1 is 1.18 bits per heavy atom. The van der Waals surface area contributed by atoms with Crippen molar-refractivity contribution in [3.63, 3.8) is 0 Å². The Balaban J connectivity index is 2.08. The van der Waals surface area contributed by atoms with E-state index in [0.717, 1.165) is 16.6 Å². The number of nitrogens with one attached hydrogen (secondary N) is 2. The number of nitrogens with two attached hydrogens (primary N) is 1. The number of fused-ring (bicyclic) bond motifs is 1. The van der Waals surface area contributed by atoms with E-state index in [1.54, 1.807) is 12.3 Å². The minimum atomic E-state index is -0.326. The van der Waals surface area contributed by atoms with Crippen LogP contribution in [0.25, 0.3) is 11.0 Å². The maximum absolute atomic E-state index is 11.1. The van der Waals surface area contributed by atoms with Crippen LogP contribution >= 0.6 is 0 Å². The molecule has 0 saturated heterocycles. The topological polar surface area (TPSA) is 87.8 Å². The molecule has 2 aromatic heterocycles. The lowest BCUT2D eigenvalue weighted by Crippen LogP contribution is -2.10. The number of hydrogen-bond acceptors (Lipinski definition) is 3. The van der Waals surface area contributed by atoms with Crippen molar-refractivity contribution in [1.82, 2.24) is 9.97 Å². The molecule has 0 spiro atoms. The molecular formula is C12H11N3O2. The molecule has 0 aliphatic rings. The lowest BCUT2D eigenvalue weighted by molar-refractivity contribution is 0.490. The zero-order valence-corrected chi connectivity index (χ0v) is 8.94. The van der Waals surface area contributed by atoms with Crippen molar-refractivity contribution in [3.8, 4) is 0 Å². The highest BCUT2D eigenvalue weighted by Gasteiger charge is 2.12. The maximum atomic E-state index is 11.1. The minimum absolute atomic E-state index is 0.219. The van der Waals surface area contributed by atoms with Gasteiger partial charge in [0.25, 0.3) is 0 Å². The predicted molar refractivity (Wildman–Crippen MR) is 63.7 cm³/mol. The summed E-state index contributed by atoms with van der Waals surface area (Å²) < 4.78 is 5.26. The first-order valence-corrected chi connectivity index (χ1v) is 5.25.